The Morgan fingerprint density at radius 3 is 2.57 bits per heavy atom. The highest BCUT2D eigenvalue weighted by Crippen LogP contribution is 2.49. The summed E-state index contributed by atoms with van der Waals surface area (Å²) in [7, 11) is 0. The van der Waals surface area contributed by atoms with Crippen molar-refractivity contribution in [2.75, 3.05) is 13.1 Å². The van der Waals surface area contributed by atoms with Crippen molar-refractivity contribution >= 4 is 22.6 Å². The number of benzene rings is 2. The van der Waals surface area contributed by atoms with Crippen LogP contribution in [-0.2, 0) is 16.1 Å². The quantitative estimate of drug-likeness (QED) is 0.672. The lowest BCUT2D eigenvalue weighted by Crippen LogP contribution is -2.44. The smallest absolute Gasteiger partial charge is 0.352 e. The molecule has 0 spiro atoms. The molecular formula is C28H29FN2O4. The van der Waals surface area contributed by atoms with Gasteiger partial charge in [0, 0.05) is 19.6 Å². The minimum absolute atomic E-state index is 0.0557. The number of rotatable bonds is 5. The maximum absolute atomic E-state index is 14.5. The highest BCUT2D eigenvalue weighted by atomic mass is 19.1. The van der Waals surface area contributed by atoms with Gasteiger partial charge in [0.1, 0.15) is 11.5 Å². The Labute approximate surface area is 203 Å². The molecule has 6 nitrogen and oxygen atoms in total. The van der Waals surface area contributed by atoms with E-state index in [-0.39, 0.29) is 18.0 Å². The van der Waals surface area contributed by atoms with E-state index >= 15 is 0 Å². The van der Waals surface area contributed by atoms with Gasteiger partial charge in [0.05, 0.1) is 18.1 Å². The van der Waals surface area contributed by atoms with E-state index in [1.807, 2.05) is 54.3 Å². The average Bonchev–Trinajstić information content (AvgIpc) is 3.07. The summed E-state index contributed by atoms with van der Waals surface area (Å²) in [5, 5.41) is 22.2. The second kappa shape index (κ2) is 8.96. The van der Waals surface area contributed by atoms with Crippen molar-refractivity contribution in [3.8, 4) is 0 Å². The van der Waals surface area contributed by atoms with Crippen LogP contribution in [0, 0.1) is 0 Å². The van der Waals surface area contributed by atoms with E-state index in [4.69, 9.17) is 0 Å². The molecule has 0 bridgehead atoms. The van der Waals surface area contributed by atoms with Gasteiger partial charge in [-0.1, -0.05) is 42.5 Å². The molecule has 1 atom stereocenters. The van der Waals surface area contributed by atoms with Crippen molar-refractivity contribution in [2.45, 2.75) is 50.8 Å². The SMILES string of the molecule is CC12CC=C(F)C=C1C(CC(=O)N1CCC(O)CC1)=C(C(=O)O)N2Cc1cccc2ccccc12. The Morgan fingerprint density at radius 2 is 1.83 bits per heavy atom. The molecule has 2 aliphatic heterocycles. The second-order valence-electron chi connectivity index (χ2n) is 9.77. The van der Waals surface area contributed by atoms with Crippen LogP contribution in [-0.4, -0.2) is 56.6 Å². The fraction of sp³-hybridized carbons (Fsp3) is 0.357. The third kappa shape index (κ3) is 4.14. The van der Waals surface area contributed by atoms with E-state index in [1.54, 1.807) is 4.90 Å². The van der Waals surface area contributed by atoms with Crippen LogP contribution in [0.3, 0.4) is 0 Å². The molecule has 1 amide bonds. The lowest BCUT2D eigenvalue weighted by molar-refractivity contribution is -0.135. The molecule has 1 saturated heterocycles. The Hall–Kier alpha value is -3.45. The second-order valence-corrected chi connectivity index (χ2v) is 9.77. The minimum atomic E-state index is -1.13. The van der Waals surface area contributed by atoms with Crippen molar-refractivity contribution in [2.24, 2.45) is 0 Å². The number of aliphatic carboxylic acids is 1. The third-order valence-corrected chi connectivity index (χ3v) is 7.59. The van der Waals surface area contributed by atoms with Crippen LogP contribution >= 0.6 is 0 Å². The van der Waals surface area contributed by atoms with Crippen molar-refractivity contribution in [3.05, 3.63) is 82.9 Å². The number of aliphatic hydroxyl groups excluding tert-OH is 1. The van der Waals surface area contributed by atoms with Gasteiger partial charge in [0.2, 0.25) is 5.91 Å². The fourth-order valence-corrected chi connectivity index (χ4v) is 5.62. The summed E-state index contributed by atoms with van der Waals surface area (Å²) >= 11 is 0. The summed E-state index contributed by atoms with van der Waals surface area (Å²) in [6, 6.07) is 13.9. The van der Waals surface area contributed by atoms with Gasteiger partial charge in [-0.15, -0.1) is 0 Å². The number of nitrogens with zero attached hydrogens (tertiary/aromatic N) is 2. The summed E-state index contributed by atoms with van der Waals surface area (Å²) < 4.78 is 14.5. The highest BCUT2D eigenvalue weighted by molar-refractivity contribution is 5.93. The van der Waals surface area contributed by atoms with Crippen LogP contribution in [0.4, 0.5) is 4.39 Å². The summed E-state index contributed by atoms with van der Waals surface area (Å²) in [4.78, 5) is 29.3. The molecule has 7 heteroatoms. The molecule has 0 radical (unpaired) electrons. The number of likely N-dealkylation sites (tertiary alicyclic amines) is 1. The fourth-order valence-electron chi connectivity index (χ4n) is 5.62. The normalized spacial score (nSPS) is 22.8. The number of amides is 1. The van der Waals surface area contributed by atoms with Crippen molar-refractivity contribution in [1.82, 2.24) is 9.80 Å². The van der Waals surface area contributed by atoms with Gasteiger partial charge in [-0.05, 0) is 65.8 Å². The van der Waals surface area contributed by atoms with Crippen molar-refractivity contribution in [3.63, 3.8) is 0 Å². The number of piperidine rings is 1. The number of hydrogen-bond donors (Lipinski definition) is 2. The molecule has 5 rings (SSSR count). The molecular weight excluding hydrogens is 447 g/mol. The van der Waals surface area contributed by atoms with Crippen molar-refractivity contribution in [1.29, 1.82) is 0 Å². The number of hydrogen-bond acceptors (Lipinski definition) is 4. The van der Waals surface area contributed by atoms with E-state index in [2.05, 4.69) is 0 Å². The van der Waals surface area contributed by atoms with E-state index in [1.165, 1.54) is 12.2 Å². The first kappa shape index (κ1) is 23.3. The summed E-state index contributed by atoms with van der Waals surface area (Å²) in [6.07, 6.45) is 3.65. The molecule has 0 saturated carbocycles. The molecule has 2 N–H and O–H groups in total. The van der Waals surface area contributed by atoms with Gasteiger partial charge in [-0.3, -0.25) is 4.79 Å². The van der Waals surface area contributed by atoms with Gasteiger partial charge < -0.3 is 20.0 Å². The number of fused-ring (bicyclic) bond motifs is 2. The average molecular weight is 477 g/mol. The topological polar surface area (TPSA) is 81.1 Å². The molecule has 1 aliphatic carbocycles. The monoisotopic (exact) mass is 476 g/mol. The van der Waals surface area contributed by atoms with Crippen LogP contribution < -0.4 is 0 Å². The molecule has 0 aromatic heterocycles. The van der Waals surface area contributed by atoms with Gasteiger partial charge in [-0.25, -0.2) is 9.18 Å². The van der Waals surface area contributed by atoms with E-state index in [0.29, 0.717) is 50.0 Å². The van der Waals surface area contributed by atoms with Crippen molar-refractivity contribution < 1.29 is 24.2 Å². The van der Waals surface area contributed by atoms with Gasteiger partial charge in [0.15, 0.2) is 0 Å². The zero-order chi connectivity index (χ0) is 24.7. The number of carbonyl (C=O) groups is 2. The first-order chi connectivity index (χ1) is 16.8. The summed E-state index contributed by atoms with van der Waals surface area (Å²) in [6.45, 7) is 3.10. The molecule has 2 heterocycles. The molecule has 2 aromatic carbocycles. The molecule has 35 heavy (non-hydrogen) atoms. The minimum Gasteiger partial charge on any atom is -0.477 e. The number of carboxylic acid groups (broad SMARTS) is 1. The number of aliphatic hydroxyl groups is 1. The number of carbonyl (C=O) groups excluding carboxylic acids is 1. The Kier molecular flexibility index (Phi) is 5.97. The maximum Gasteiger partial charge on any atom is 0.352 e. The van der Waals surface area contributed by atoms with E-state index in [9.17, 15) is 24.2 Å². The van der Waals surface area contributed by atoms with E-state index < -0.39 is 23.4 Å². The molecule has 182 valence electrons. The Bertz CT molecular complexity index is 1280. The van der Waals surface area contributed by atoms with Crippen LogP contribution in [0.1, 0.15) is 38.2 Å². The predicted octanol–water partition coefficient (Wildman–Crippen LogP) is 4.31. The van der Waals surface area contributed by atoms with Gasteiger partial charge in [-0.2, -0.15) is 0 Å². The van der Waals surface area contributed by atoms with Crippen LogP contribution in [0.2, 0.25) is 0 Å². The zero-order valence-electron chi connectivity index (χ0n) is 19.7. The Morgan fingerprint density at radius 1 is 1.11 bits per heavy atom. The van der Waals surface area contributed by atoms with Crippen LogP contribution in [0.15, 0.2) is 77.3 Å². The highest BCUT2D eigenvalue weighted by Gasteiger charge is 2.49. The largest absolute Gasteiger partial charge is 0.477 e. The van der Waals surface area contributed by atoms with Gasteiger partial charge >= 0.3 is 5.97 Å². The summed E-state index contributed by atoms with van der Waals surface area (Å²) in [5.41, 5.74) is 1.17. The first-order valence-corrected chi connectivity index (χ1v) is 12.0. The van der Waals surface area contributed by atoms with Crippen LogP contribution in [0.5, 0.6) is 0 Å². The molecule has 2 aromatic rings. The molecule has 3 aliphatic rings. The number of carboxylic acids is 1. The lowest BCUT2D eigenvalue weighted by atomic mass is 9.81. The Balaban J connectivity index is 1.56. The predicted molar refractivity (Wildman–Crippen MR) is 131 cm³/mol. The van der Waals surface area contributed by atoms with Crippen LogP contribution in [0.25, 0.3) is 10.8 Å². The molecule has 1 fully saturated rings. The zero-order valence-corrected chi connectivity index (χ0v) is 19.7. The lowest BCUT2D eigenvalue weighted by Gasteiger charge is -2.40. The number of allylic oxidation sites excluding steroid dienone is 2. The van der Waals surface area contributed by atoms with E-state index in [0.717, 1.165) is 16.3 Å². The number of halogens is 1. The standard InChI is InChI=1S/C28H29FN2O4/c1-28-12-9-20(29)15-24(28)23(16-25(33)30-13-10-21(32)11-14-30)26(27(34)35)31(28)17-19-7-4-6-18-5-2-3-8-22(18)19/h2-9,15,21,32H,10-14,16-17H2,1H3,(H,34,35). The first-order valence-electron chi connectivity index (χ1n) is 12.0. The summed E-state index contributed by atoms with van der Waals surface area (Å²) in [5.74, 6) is -1.74. The molecule has 1 unspecified atom stereocenters. The third-order valence-electron chi connectivity index (χ3n) is 7.59. The maximum atomic E-state index is 14.5. The van der Waals surface area contributed by atoms with Gasteiger partial charge in [0.25, 0.3) is 0 Å².